The van der Waals surface area contributed by atoms with Crippen LogP contribution >= 0.6 is 0 Å². The van der Waals surface area contributed by atoms with E-state index < -0.39 is 0 Å². The van der Waals surface area contributed by atoms with Gasteiger partial charge in [0.05, 0.1) is 0 Å². The number of rotatable bonds is 0. The molecule has 2 nitrogen and oxygen atoms in total. The molecule has 2 aliphatic rings. The highest BCUT2D eigenvalue weighted by molar-refractivity contribution is 5.37. The summed E-state index contributed by atoms with van der Waals surface area (Å²) in [5, 5.41) is 0. The van der Waals surface area contributed by atoms with Crippen molar-refractivity contribution in [3.05, 3.63) is 35.1 Å². The van der Waals surface area contributed by atoms with Crippen LogP contribution in [0.2, 0.25) is 0 Å². The Morgan fingerprint density at radius 2 is 2.15 bits per heavy atom. The van der Waals surface area contributed by atoms with E-state index >= 15 is 0 Å². The van der Waals surface area contributed by atoms with Crippen LogP contribution in [0.4, 0.5) is 0 Å². The molecule has 0 radical (unpaired) electrons. The normalized spacial score (nSPS) is 28.1. The second kappa shape index (κ2) is 3.38. The van der Waals surface area contributed by atoms with Gasteiger partial charge in [0.25, 0.3) is 0 Å². The molecule has 13 heavy (non-hydrogen) atoms. The van der Waals surface area contributed by atoms with Crippen LogP contribution in [0.1, 0.15) is 25.7 Å². The minimum atomic E-state index is 0.350. The van der Waals surface area contributed by atoms with E-state index in [9.17, 15) is 0 Å². The number of hydrogen-bond donors (Lipinski definition) is 2. The molecule has 0 amide bonds. The van der Waals surface area contributed by atoms with Crippen molar-refractivity contribution in [3.8, 4) is 0 Å². The van der Waals surface area contributed by atoms with Crippen LogP contribution in [0.15, 0.2) is 35.1 Å². The SMILES string of the molecule is NC1=CCC2=C(C=C1)CC(N)CC2. The van der Waals surface area contributed by atoms with Crippen LogP contribution in [0.5, 0.6) is 0 Å². The Bertz CT molecular complexity index is 297. The minimum Gasteiger partial charge on any atom is -0.399 e. The molecule has 0 fully saturated rings. The Labute approximate surface area is 79.0 Å². The average Bonchev–Trinajstić information content (AvgIpc) is 2.29. The lowest BCUT2D eigenvalue weighted by atomic mass is 9.87. The first kappa shape index (κ1) is 8.57. The zero-order valence-electron chi connectivity index (χ0n) is 7.79. The van der Waals surface area contributed by atoms with Gasteiger partial charge in [0.15, 0.2) is 0 Å². The predicted molar refractivity (Wildman–Crippen MR) is 54.9 cm³/mol. The van der Waals surface area contributed by atoms with E-state index in [-0.39, 0.29) is 0 Å². The van der Waals surface area contributed by atoms with Crippen LogP contribution in [0, 0.1) is 0 Å². The molecule has 0 aliphatic heterocycles. The monoisotopic (exact) mass is 176 g/mol. The largest absolute Gasteiger partial charge is 0.399 e. The van der Waals surface area contributed by atoms with Gasteiger partial charge in [-0.2, -0.15) is 0 Å². The molecule has 0 bridgehead atoms. The summed E-state index contributed by atoms with van der Waals surface area (Å²) in [7, 11) is 0. The third kappa shape index (κ3) is 1.83. The van der Waals surface area contributed by atoms with Crippen molar-refractivity contribution in [1.82, 2.24) is 0 Å². The molecule has 2 heteroatoms. The molecule has 2 aliphatic carbocycles. The topological polar surface area (TPSA) is 52.0 Å². The molecule has 0 aromatic carbocycles. The molecule has 1 atom stereocenters. The summed E-state index contributed by atoms with van der Waals surface area (Å²) in [6, 6.07) is 0.350. The van der Waals surface area contributed by atoms with Crippen molar-refractivity contribution in [1.29, 1.82) is 0 Å². The first-order valence-electron chi connectivity index (χ1n) is 4.86. The van der Waals surface area contributed by atoms with Crippen LogP contribution in [0.25, 0.3) is 0 Å². The molecule has 0 saturated heterocycles. The van der Waals surface area contributed by atoms with Gasteiger partial charge in [-0.1, -0.05) is 17.7 Å². The Kier molecular flexibility index (Phi) is 2.23. The van der Waals surface area contributed by atoms with Gasteiger partial charge in [-0.3, -0.25) is 0 Å². The zero-order chi connectivity index (χ0) is 9.26. The number of nitrogens with two attached hydrogens (primary N) is 2. The lowest BCUT2D eigenvalue weighted by Gasteiger charge is -2.21. The third-order valence-corrected chi connectivity index (χ3v) is 2.81. The highest BCUT2D eigenvalue weighted by Gasteiger charge is 2.16. The lowest BCUT2D eigenvalue weighted by Crippen LogP contribution is -2.23. The molecular weight excluding hydrogens is 160 g/mol. The molecule has 1 unspecified atom stereocenters. The van der Waals surface area contributed by atoms with Crippen molar-refractivity contribution in [2.45, 2.75) is 31.7 Å². The molecule has 0 spiro atoms. The standard InChI is InChI=1S/C11H16N2/c12-10-4-1-8-2-6-11(13)7-9(8)3-5-10/h3-5,11H,1-2,6-7,12-13H2. The van der Waals surface area contributed by atoms with Crippen molar-refractivity contribution in [3.63, 3.8) is 0 Å². The molecule has 0 aromatic heterocycles. The molecular formula is C11H16N2. The Hall–Kier alpha value is -1.02. The maximum atomic E-state index is 5.91. The minimum absolute atomic E-state index is 0.350. The van der Waals surface area contributed by atoms with Gasteiger partial charge in [-0.25, -0.2) is 0 Å². The van der Waals surface area contributed by atoms with E-state index in [1.54, 1.807) is 0 Å². The van der Waals surface area contributed by atoms with Gasteiger partial charge >= 0.3 is 0 Å². The average molecular weight is 176 g/mol. The number of allylic oxidation sites excluding steroid dienone is 4. The highest BCUT2D eigenvalue weighted by Crippen LogP contribution is 2.29. The van der Waals surface area contributed by atoms with Crippen LogP contribution < -0.4 is 11.5 Å². The van der Waals surface area contributed by atoms with E-state index in [4.69, 9.17) is 11.5 Å². The van der Waals surface area contributed by atoms with Crippen molar-refractivity contribution in [2.24, 2.45) is 11.5 Å². The van der Waals surface area contributed by atoms with E-state index in [2.05, 4.69) is 12.2 Å². The summed E-state index contributed by atoms with van der Waals surface area (Å²) in [6.07, 6.45) is 10.5. The predicted octanol–water partition coefficient (Wildman–Crippen LogP) is 1.60. The number of hydrogen-bond acceptors (Lipinski definition) is 2. The van der Waals surface area contributed by atoms with E-state index in [0.29, 0.717) is 6.04 Å². The first-order chi connectivity index (χ1) is 6.25. The fourth-order valence-electron chi connectivity index (χ4n) is 1.97. The molecule has 0 heterocycles. The second-order valence-corrected chi connectivity index (χ2v) is 3.87. The summed E-state index contributed by atoms with van der Waals surface area (Å²) in [6.45, 7) is 0. The molecule has 4 N–H and O–H groups in total. The zero-order valence-corrected chi connectivity index (χ0v) is 7.79. The summed E-state index contributed by atoms with van der Waals surface area (Å²) in [4.78, 5) is 0. The van der Waals surface area contributed by atoms with Crippen LogP contribution in [-0.2, 0) is 0 Å². The van der Waals surface area contributed by atoms with Crippen molar-refractivity contribution < 1.29 is 0 Å². The van der Waals surface area contributed by atoms with Gasteiger partial charge in [-0.05, 0) is 37.3 Å². The van der Waals surface area contributed by atoms with Gasteiger partial charge < -0.3 is 11.5 Å². The summed E-state index contributed by atoms with van der Waals surface area (Å²) in [5.74, 6) is 0. The first-order valence-corrected chi connectivity index (χ1v) is 4.86. The Balaban J connectivity index is 2.24. The van der Waals surface area contributed by atoms with Crippen LogP contribution in [0.3, 0.4) is 0 Å². The van der Waals surface area contributed by atoms with Crippen molar-refractivity contribution in [2.75, 3.05) is 0 Å². The summed E-state index contributed by atoms with van der Waals surface area (Å²) < 4.78 is 0. The molecule has 0 aromatic rings. The quantitative estimate of drug-likeness (QED) is 0.589. The smallest absolute Gasteiger partial charge is 0.0276 e. The molecule has 0 saturated carbocycles. The Morgan fingerprint density at radius 3 is 3.00 bits per heavy atom. The van der Waals surface area contributed by atoms with Gasteiger partial charge in [0, 0.05) is 11.7 Å². The third-order valence-electron chi connectivity index (χ3n) is 2.81. The fourth-order valence-corrected chi connectivity index (χ4v) is 1.97. The molecule has 70 valence electrons. The lowest BCUT2D eigenvalue weighted by molar-refractivity contribution is 0.571. The maximum Gasteiger partial charge on any atom is 0.0276 e. The summed E-state index contributed by atoms with van der Waals surface area (Å²) >= 11 is 0. The van der Waals surface area contributed by atoms with Crippen LogP contribution in [-0.4, -0.2) is 6.04 Å². The molecule has 2 rings (SSSR count). The maximum absolute atomic E-state index is 5.91. The summed E-state index contributed by atoms with van der Waals surface area (Å²) in [5.41, 5.74) is 15.5. The highest BCUT2D eigenvalue weighted by atomic mass is 14.6. The van der Waals surface area contributed by atoms with Gasteiger partial charge in [-0.15, -0.1) is 0 Å². The second-order valence-electron chi connectivity index (χ2n) is 3.87. The van der Waals surface area contributed by atoms with E-state index in [0.717, 1.165) is 31.4 Å². The Morgan fingerprint density at radius 1 is 1.31 bits per heavy atom. The van der Waals surface area contributed by atoms with Gasteiger partial charge in [0.2, 0.25) is 0 Å². The van der Waals surface area contributed by atoms with Crippen molar-refractivity contribution >= 4 is 0 Å². The fraction of sp³-hybridized carbons (Fsp3) is 0.455. The van der Waals surface area contributed by atoms with Gasteiger partial charge in [0.1, 0.15) is 0 Å². The van der Waals surface area contributed by atoms with E-state index in [1.807, 2.05) is 6.08 Å². The van der Waals surface area contributed by atoms with E-state index in [1.165, 1.54) is 11.1 Å².